The summed E-state index contributed by atoms with van der Waals surface area (Å²) < 4.78 is 24.8. The number of rotatable bonds is 7. The molecule has 0 aliphatic carbocycles. The van der Waals surface area contributed by atoms with Gasteiger partial charge < -0.3 is 5.32 Å². The van der Waals surface area contributed by atoms with Crippen molar-refractivity contribution in [2.45, 2.75) is 57.2 Å². The van der Waals surface area contributed by atoms with E-state index in [1.165, 1.54) is 38.4 Å². The third kappa shape index (κ3) is 4.41. The van der Waals surface area contributed by atoms with E-state index in [4.69, 9.17) is 0 Å². The fraction of sp³-hybridized carbons (Fsp3) is 1.00. The molecule has 0 saturated carbocycles. The van der Waals surface area contributed by atoms with Crippen molar-refractivity contribution >= 4 is 10.0 Å². The molecule has 0 radical (unpaired) electrons. The average Bonchev–Trinajstić information content (AvgIpc) is 2.58. The summed E-state index contributed by atoms with van der Waals surface area (Å²) in [7, 11) is -3.05. The van der Waals surface area contributed by atoms with Crippen LogP contribution in [0, 0.1) is 0 Å². The number of hydrogen-bond donors (Lipinski definition) is 2. The maximum Gasteiger partial charge on any atom is 0.208 e. The number of nitrogens with zero attached hydrogens (tertiary/aromatic N) is 1. The van der Waals surface area contributed by atoms with Crippen molar-refractivity contribution in [3.8, 4) is 0 Å². The molecule has 0 amide bonds. The van der Waals surface area contributed by atoms with Crippen molar-refractivity contribution in [3.05, 3.63) is 0 Å². The van der Waals surface area contributed by atoms with Crippen LogP contribution in [-0.4, -0.2) is 57.3 Å². The van der Waals surface area contributed by atoms with Crippen LogP contribution in [0.4, 0.5) is 0 Å². The molecule has 2 bridgehead atoms. The molecule has 0 aromatic heterocycles. The average molecular weight is 289 g/mol. The number of nitrogens with one attached hydrogen (secondary N) is 2. The van der Waals surface area contributed by atoms with E-state index in [-0.39, 0.29) is 0 Å². The lowest BCUT2D eigenvalue weighted by Crippen LogP contribution is -2.51. The molecule has 19 heavy (non-hydrogen) atoms. The van der Waals surface area contributed by atoms with Crippen molar-refractivity contribution in [1.82, 2.24) is 14.9 Å². The summed E-state index contributed by atoms with van der Waals surface area (Å²) in [4.78, 5) is 2.52. The molecule has 2 unspecified atom stereocenters. The van der Waals surface area contributed by atoms with Crippen LogP contribution in [0.2, 0.25) is 0 Å². The zero-order valence-corrected chi connectivity index (χ0v) is 12.9. The van der Waals surface area contributed by atoms with E-state index in [0.717, 1.165) is 13.1 Å². The number of hydrogen-bond acceptors (Lipinski definition) is 4. The molecule has 0 aromatic rings. The molecule has 0 aromatic carbocycles. The van der Waals surface area contributed by atoms with E-state index >= 15 is 0 Å². The highest BCUT2D eigenvalue weighted by Crippen LogP contribution is 2.35. The van der Waals surface area contributed by atoms with Gasteiger partial charge in [-0.3, -0.25) is 4.90 Å². The Kier molecular flexibility index (Phi) is 5.22. The van der Waals surface area contributed by atoms with Crippen LogP contribution < -0.4 is 10.0 Å². The Morgan fingerprint density at radius 1 is 1.16 bits per heavy atom. The Balaban J connectivity index is 1.79. The summed E-state index contributed by atoms with van der Waals surface area (Å²) in [5.41, 5.74) is 0. The van der Waals surface area contributed by atoms with Crippen molar-refractivity contribution < 1.29 is 8.42 Å². The van der Waals surface area contributed by atoms with Crippen molar-refractivity contribution in [1.29, 1.82) is 0 Å². The van der Waals surface area contributed by atoms with E-state index < -0.39 is 10.0 Å². The van der Waals surface area contributed by atoms with E-state index in [2.05, 4.69) is 21.9 Å². The maximum atomic E-state index is 11.1. The van der Waals surface area contributed by atoms with Crippen molar-refractivity contribution in [2.75, 3.05) is 25.9 Å². The second kappa shape index (κ2) is 6.52. The molecular weight excluding hydrogens is 262 g/mol. The third-order valence-electron chi connectivity index (χ3n) is 4.30. The standard InChI is InChI=1S/C13H27N3O2S/c1-3-6-14-11-9-12-4-5-13(10-11)16(12)8-7-15-19(2,17)18/h11-15H,3-10H2,1-2H3. The van der Waals surface area contributed by atoms with Gasteiger partial charge in [0.25, 0.3) is 0 Å². The highest BCUT2D eigenvalue weighted by atomic mass is 32.2. The van der Waals surface area contributed by atoms with Crippen LogP contribution >= 0.6 is 0 Å². The first-order valence-electron chi connectivity index (χ1n) is 7.43. The summed E-state index contributed by atoms with van der Waals surface area (Å²) in [5.74, 6) is 0. The molecule has 2 heterocycles. The predicted octanol–water partition coefficient (Wildman–Crippen LogP) is 0.531. The van der Waals surface area contributed by atoms with E-state index in [1.54, 1.807) is 0 Å². The fourth-order valence-corrected chi connectivity index (χ4v) is 3.98. The van der Waals surface area contributed by atoms with Gasteiger partial charge in [-0.2, -0.15) is 0 Å². The van der Waals surface area contributed by atoms with Crippen molar-refractivity contribution in [2.24, 2.45) is 0 Å². The molecule has 5 nitrogen and oxygen atoms in total. The van der Waals surface area contributed by atoms with Gasteiger partial charge in [0.05, 0.1) is 6.26 Å². The van der Waals surface area contributed by atoms with Gasteiger partial charge in [0.1, 0.15) is 0 Å². The van der Waals surface area contributed by atoms with Crippen LogP contribution in [0.1, 0.15) is 39.0 Å². The summed E-state index contributed by atoms with van der Waals surface area (Å²) in [6.07, 6.45) is 7.39. The van der Waals surface area contributed by atoms with Gasteiger partial charge in [0.2, 0.25) is 10.0 Å². The highest BCUT2D eigenvalue weighted by Gasteiger charge is 2.39. The quantitative estimate of drug-likeness (QED) is 0.718. The summed E-state index contributed by atoms with van der Waals surface area (Å²) in [5, 5.41) is 3.63. The lowest BCUT2D eigenvalue weighted by molar-refractivity contribution is 0.119. The first-order chi connectivity index (χ1) is 8.99. The molecule has 2 aliphatic rings. The van der Waals surface area contributed by atoms with Gasteiger partial charge in [-0.15, -0.1) is 0 Å². The van der Waals surface area contributed by atoms with E-state index in [0.29, 0.717) is 24.7 Å². The Bertz CT molecular complexity index is 371. The normalized spacial score (nSPS) is 31.8. The molecule has 2 saturated heterocycles. The molecule has 2 N–H and O–H groups in total. The Morgan fingerprint density at radius 3 is 2.32 bits per heavy atom. The minimum atomic E-state index is -3.05. The SMILES string of the molecule is CCCNC1CC2CCC(C1)N2CCNS(C)(=O)=O. The molecular formula is C13H27N3O2S. The number of piperidine rings is 1. The lowest BCUT2D eigenvalue weighted by Gasteiger charge is -2.39. The Morgan fingerprint density at radius 2 is 1.79 bits per heavy atom. The zero-order chi connectivity index (χ0) is 13.9. The minimum absolute atomic E-state index is 0.541. The largest absolute Gasteiger partial charge is 0.314 e. The fourth-order valence-electron chi connectivity index (χ4n) is 3.51. The minimum Gasteiger partial charge on any atom is -0.314 e. The predicted molar refractivity (Wildman–Crippen MR) is 77.7 cm³/mol. The van der Waals surface area contributed by atoms with Crippen LogP contribution in [0.15, 0.2) is 0 Å². The van der Waals surface area contributed by atoms with E-state index in [9.17, 15) is 8.42 Å². The Labute approximate surface area is 117 Å². The molecule has 0 spiro atoms. The van der Waals surface area contributed by atoms with Crippen LogP contribution in [0.3, 0.4) is 0 Å². The van der Waals surface area contributed by atoms with E-state index in [1.807, 2.05) is 0 Å². The summed E-state index contributed by atoms with van der Waals surface area (Å²) in [6, 6.07) is 1.96. The van der Waals surface area contributed by atoms with Gasteiger partial charge >= 0.3 is 0 Å². The molecule has 6 heteroatoms. The molecule has 2 atom stereocenters. The van der Waals surface area contributed by atoms with Gasteiger partial charge in [0, 0.05) is 31.2 Å². The molecule has 2 aliphatic heterocycles. The van der Waals surface area contributed by atoms with Gasteiger partial charge in [-0.1, -0.05) is 6.92 Å². The summed E-state index contributed by atoms with van der Waals surface area (Å²) >= 11 is 0. The number of fused-ring (bicyclic) bond motifs is 2. The topological polar surface area (TPSA) is 61.4 Å². The Hall–Kier alpha value is -0.170. The maximum absolute atomic E-state index is 11.1. The number of sulfonamides is 1. The van der Waals surface area contributed by atoms with Crippen LogP contribution in [0.25, 0.3) is 0 Å². The highest BCUT2D eigenvalue weighted by molar-refractivity contribution is 7.88. The first kappa shape index (κ1) is 15.2. The van der Waals surface area contributed by atoms with Gasteiger partial charge in [-0.25, -0.2) is 13.1 Å². The smallest absolute Gasteiger partial charge is 0.208 e. The van der Waals surface area contributed by atoms with Gasteiger partial charge in [-0.05, 0) is 38.6 Å². The third-order valence-corrected chi connectivity index (χ3v) is 5.03. The first-order valence-corrected chi connectivity index (χ1v) is 9.32. The van der Waals surface area contributed by atoms with Crippen LogP contribution in [-0.2, 0) is 10.0 Å². The lowest BCUT2D eigenvalue weighted by atomic mass is 9.97. The van der Waals surface area contributed by atoms with Gasteiger partial charge in [0.15, 0.2) is 0 Å². The summed E-state index contributed by atoms with van der Waals surface area (Å²) in [6.45, 7) is 4.70. The van der Waals surface area contributed by atoms with Crippen LogP contribution in [0.5, 0.6) is 0 Å². The molecule has 2 rings (SSSR count). The second-order valence-corrected chi connectivity index (χ2v) is 7.74. The van der Waals surface area contributed by atoms with Crippen molar-refractivity contribution in [3.63, 3.8) is 0 Å². The molecule has 112 valence electrons. The zero-order valence-electron chi connectivity index (χ0n) is 12.1. The monoisotopic (exact) mass is 289 g/mol. The second-order valence-electron chi connectivity index (χ2n) is 5.91. The molecule has 2 fully saturated rings.